The Morgan fingerprint density at radius 3 is 2.95 bits per heavy atom. The molecule has 0 aliphatic carbocycles. The van der Waals surface area contributed by atoms with Crippen LogP contribution in [-0.4, -0.2) is 21.5 Å². The average Bonchev–Trinajstić information content (AvgIpc) is 2.56. The molecule has 0 amide bonds. The molecule has 1 aliphatic heterocycles. The van der Waals surface area contributed by atoms with Gasteiger partial charge in [0.1, 0.15) is 0 Å². The van der Waals surface area contributed by atoms with E-state index in [4.69, 9.17) is 12.2 Å². The number of thiocarbonyl (C=S) groups is 1. The van der Waals surface area contributed by atoms with Gasteiger partial charge in [0.25, 0.3) is 0 Å². The van der Waals surface area contributed by atoms with Crippen LogP contribution >= 0.6 is 28.1 Å². The maximum Gasteiger partial charge on any atom is 0.173 e. The van der Waals surface area contributed by atoms with Gasteiger partial charge in [0.2, 0.25) is 0 Å². The van der Waals surface area contributed by atoms with Crippen molar-refractivity contribution in [1.29, 1.82) is 0 Å². The van der Waals surface area contributed by atoms with Crippen LogP contribution in [0.4, 0.5) is 5.69 Å². The van der Waals surface area contributed by atoms with E-state index in [2.05, 4.69) is 37.2 Å². The van der Waals surface area contributed by atoms with Gasteiger partial charge in [-0.2, -0.15) is 0 Å². The number of hydrogen-bond donors (Lipinski definition) is 1. The van der Waals surface area contributed by atoms with Gasteiger partial charge in [-0.1, -0.05) is 28.1 Å². The van der Waals surface area contributed by atoms with E-state index in [0.717, 1.165) is 28.2 Å². The molecular formula is C17H18BrN3S. The number of benzene rings is 1. The normalized spacial score (nSPS) is 18.0. The first-order chi connectivity index (χ1) is 10.7. The molecule has 2 heterocycles. The Bertz CT molecular complexity index is 647. The molecule has 1 fully saturated rings. The molecular weight excluding hydrogens is 358 g/mol. The van der Waals surface area contributed by atoms with Crippen molar-refractivity contribution in [3.8, 4) is 0 Å². The Labute approximate surface area is 144 Å². The highest BCUT2D eigenvalue weighted by Crippen LogP contribution is 2.31. The number of nitrogens with zero attached hydrogens (tertiary/aromatic N) is 2. The van der Waals surface area contributed by atoms with Crippen LogP contribution in [0.1, 0.15) is 30.9 Å². The number of pyridine rings is 1. The van der Waals surface area contributed by atoms with Crippen molar-refractivity contribution in [1.82, 2.24) is 9.88 Å². The summed E-state index contributed by atoms with van der Waals surface area (Å²) < 4.78 is 1.04. The van der Waals surface area contributed by atoms with E-state index in [1.807, 2.05) is 42.7 Å². The molecule has 114 valence electrons. The minimum absolute atomic E-state index is 0.314. The quantitative estimate of drug-likeness (QED) is 0.765. The van der Waals surface area contributed by atoms with Crippen molar-refractivity contribution in [3.05, 3.63) is 58.8 Å². The lowest BCUT2D eigenvalue weighted by molar-refractivity contribution is 0.248. The molecule has 1 saturated heterocycles. The third kappa shape index (κ3) is 3.65. The highest BCUT2D eigenvalue weighted by atomic mass is 79.9. The topological polar surface area (TPSA) is 28.2 Å². The molecule has 0 saturated carbocycles. The van der Waals surface area contributed by atoms with Gasteiger partial charge in [-0.25, -0.2) is 0 Å². The van der Waals surface area contributed by atoms with Gasteiger partial charge in [-0.15, -0.1) is 0 Å². The van der Waals surface area contributed by atoms with Gasteiger partial charge in [0.15, 0.2) is 5.11 Å². The van der Waals surface area contributed by atoms with E-state index >= 15 is 0 Å². The van der Waals surface area contributed by atoms with E-state index in [9.17, 15) is 0 Å². The zero-order valence-electron chi connectivity index (χ0n) is 12.2. The van der Waals surface area contributed by atoms with E-state index in [1.54, 1.807) is 0 Å². The number of rotatable bonds is 2. The van der Waals surface area contributed by atoms with Crippen LogP contribution in [0.5, 0.6) is 0 Å². The molecule has 0 radical (unpaired) electrons. The van der Waals surface area contributed by atoms with Gasteiger partial charge in [0, 0.05) is 29.1 Å². The van der Waals surface area contributed by atoms with Crippen LogP contribution in [-0.2, 0) is 0 Å². The summed E-state index contributed by atoms with van der Waals surface area (Å²) in [5.41, 5.74) is 2.25. The molecule has 2 aromatic rings. The molecule has 1 aliphatic rings. The zero-order valence-corrected chi connectivity index (χ0v) is 14.6. The number of hydrogen-bond acceptors (Lipinski definition) is 2. The standard InChI is InChI=1S/C17H18BrN3S/c18-14-6-3-7-15(11-14)20-17(22)21-10-2-1-8-16(21)13-5-4-9-19-12-13/h3-7,9,11-12,16H,1-2,8,10H2,(H,20,22)/t16-/m1/s1. The number of aromatic nitrogens is 1. The molecule has 3 nitrogen and oxygen atoms in total. The second-order valence-electron chi connectivity index (χ2n) is 5.43. The summed E-state index contributed by atoms with van der Waals surface area (Å²) in [4.78, 5) is 6.54. The van der Waals surface area contributed by atoms with Crippen LogP contribution in [0.3, 0.4) is 0 Å². The van der Waals surface area contributed by atoms with Crippen LogP contribution in [0.15, 0.2) is 53.3 Å². The summed E-state index contributed by atoms with van der Waals surface area (Å²) in [6.45, 7) is 0.986. The summed E-state index contributed by atoms with van der Waals surface area (Å²) in [7, 11) is 0. The smallest absolute Gasteiger partial charge is 0.173 e. The lowest BCUT2D eigenvalue weighted by atomic mass is 9.97. The van der Waals surface area contributed by atoms with E-state index in [0.29, 0.717) is 6.04 Å². The molecule has 1 N–H and O–H groups in total. The first-order valence-corrected chi connectivity index (χ1v) is 8.67. The molecule has 0 spiro atoms. The summed E-state index contributed by atoms with van der Waals surface area (Å²) in [5, 5.41) is 4.14. The van der Waals surface area contributed by atoms with E-state index < -0.39 is 0 Å². The zero-order chi connectivity index (χ0) is 15.4. The Morgan fingerprint density at radius 2 is 2.18 bits per heavy atom. The third-order valence-corrected chi connectivity index (χ3v) is 4.74. The summed E-state index contributed by atoms with van der Waals surface area (Å²) in [6, 6.07) is 12.5. The van der Waals surface area contributed by atoms with Gasteiger partial charge in [-0.3, -0.25) is 4.98 Å². The Hall–Kier alpha value is -1.46. The molecule has 5 heteroatoms. The largest absolute Gasteiger partial charge is 0.342 e. The van der Waals surface area contributed by atoms with Crippen molar-refractivity contribution >= 4 is 38.9 Å². The molecule has 3 rings (SSSR count). The second-order valence-corrected chi connectivity index (χ2v) is 6.73. The fraction of sp³-hybridized carbons (Fsp3) is 0.294. The van der Waals surface area contributed by atoms with E-state index in [-0.39, 0.29) is 0 Å². The molecule has 1 atom stereocenters. The van der Waals surface area contributed by atoms with Crippen LogP contribution in [0, 0.1) is 0 Å². The predicted octanol–water partition coefficient (Wildman–Crippen LogP) is 4.77. The van der Waals surface area contributed by atoms with Gasteiger partial charge in [-0.05, 0) is 61.3 Å². The number of likely N-dealkylation sites (tertiary alicyclic amines) is 1. The molecule has 1 aromatic heterocycles. The minimum Gasteiger partial charge on any atom is -0.342 e. The lowest BCUT2D eigenvalue weighted by Gasteiger charge is -2.37. The molecule has 1 aromatic carbocycles. The van der Waals surface area contributed by atoms with Gasteiger partial charge in [0.05, 0.1) is 6.04 Å². The van der Waals surface area contributed by atoms with E-state index in [1.165, 1.54) is 18.4 Å². The van der Waals surface area contributed by atoms with Crippen LogP contribution in [0.25, 0.3) is 0 Å². The first kappa shape index (κ1) is 15.4. The molecule has 0 unspecified atom stereocenters. The molecule has 22 heavy (non-hydrogen) atoms. The Morgan fingerprint density at radius 1 is 1.27 bits per heavy atom. The van der Waals surface area contributed by atoms with Crippen molar-refractivity contribution in [3.63, 3.8) is 0 Å². The second kappa shape index (κ2) is 7.20. The maximum absolute atomic E-state index is 5.66. The monoisotopic (exact) mass is 375 g/mol. The fourth-order valence-electron chi connectivity index (χ4n) is 2.86. The summed E-state index contributed by atoms with van der Waals surface area (Å²) in [6.07, 6.45) is 7.29. The number of piperidine rings is 1. The predicted molar refractivity (Wildman–Crippen MR) is 97.9 cm³/mol. The SMILES string of the molecule is S=C(Nc1cccc(Br)c1)N1CCCC[C@@H]1c1cccnc1. The van der Waals surface area contributed by atoms with Crippen molar-refractivity contribution < 1.29 is 0 Å². The van der Waals surface area contributed by atoms with Crippen LogP contribution < -0.4 is 5.32 Å². The summed E-state index contributed by atoms with van der Waals surface area (Å²) >= 11 is 9.15. The van der Waals surface area contributed by atoms with Gasteiger partial charge < -0.3 is 10.2 Å². The van der Waals surface area contributed by atoms with Crippen molar-refractivity contribution in [2.45, 2.75) is 25.3 Å². The fourth-order valence-corrected chi connectivity index (χ4v) is 3.59. The Kier molecular flexibility index (Phi) is 5.05. The minimum atomic E-state index is 0.314. The Balaban J connectivity index is 1.77. The van der Waals surface area contributed by atoms with Crippen LogP contribution in [0.2, 0.25) is 0 Å². The highest BCUT2D eigenvalue weighted by molar-refractivity contribution is 9.10. The summed E-state index contributed by atoms with van der Waals surface area (Å²) in [5.74, 6) is 0. The first-order valence-electron chi connectivity index (χ1n) is 7.47. The van der Waals surface area contributed by atoms with Crippen molar-refractivity contribution in [2.24, 2.45) is 0 Å². The average molecular weight is 376 g/mol. The lowest BCUT2D eigenvalue weighted by Crippen LogP contribution is -2.41. The number of halogens is 1. The number of nitrogens with one attached hydrogen (secondary N) is 1. The maximum atomic E-state index is 5.66. The van der Waals surface area contributed by atoms with Gasteiger partial charge >= 0.3 is 0 Å². The highest BCUT2D eigenvalue weighted by Gasteiger charge is 2.26. The van der Waals surface area contributed by atoms with Crippen molar-refractivity contribution in [2.75, 3.05) is 11.9 Å². The third-order valence-electron chi connectivity index (χ3n) is 3.91. The molecule has 0 bridgehead atoms. The number of anilines is 1.